The fourth-order valence-corrected chi connectivity index (χ4v) is 4.49. The van der Waals surface area contributed by atoms with E-state index >= 15 is 0 Å². The largest absolute Gasteiger partial charge is 0.490 e. The van der Waals surface area contributed by atoms with Gasteiger partial charge in [0.05, 0.1) is 18.4 Å². The molecule has 5 rings (SSSR count). The van der Waals surface area contributed by atoms with Crippen molar-refractivity contribution in [2.24, 2.45) is 0 Å². The smallest absolute Gasteiger partial charge is 0.475 e. The summed E-state index contributed by atoms with van der Waals surface area (Å²) in [6, 6.07) is 15.4. The highest BCUT2D eigenvalue weighted by Crippen LogP contribution is 2.35. The molecule has 0 aliphatic carbocycles. The van der Waals surface area contributed by atoms with Gasteiger partial charge in [0.2, 0.25) is 0 Å². The van der Waals surface area contributed by atoms with Crippen LogP contribution in [0.15, 0.2) is 54.7 Å². The third kappa shape index (κ3) is 5.88. The van der Waals surface area contributed by atoms with Gasteiger partial charge in [0, 0.05) is 19.6 Å². The highest BCUT2D eigenvalue weighted by atomic mass is 19.4. The maximum absolute atomic E-state index is 13.3. The number of carboxylic acids is 1. The van der Waals surface area contributed by atoms with Gasteiger partial charge in [0.15, 0.2) is 0 Å². The quantitative estimate of drug-likeness (QED) is 0.533. The number of alkyl halides is 3. The van der Waals surface area contributed by atoms with Gasteiger partial charge in [-0.15, -0.1) is 0 Å². The molecule has 1 N–H and O–H groups in total. The van der Waals surface area contributed by atoms with E-state index in [9.17, 15) is 17.6 Å². The molecule has 1 spiro atoms. The number of likely N-dealkylation sites (tertiary alicyclic amines) is 1. The standard InChI is InChI=1S/C23H24FN3O.C2HF3O2/c1-17-3-2-4-18(11-17)13-26-10-9-23(15-26)16-27-21(12-25-22(27)14-28-23)19-5-7-20(24)8-6-19;3-2(4,5)1(6)7/h2-8,11-12H,9-10,13-16H2,1H3;(H,6,7). The van der Waals surface area contributed by atoms with Gasteiger partial charge in [-0.25, -0.2) is 14.2 Å². The second-order valence-electron chi connectivity index (χ2n) is 8.88. The van der Waals surface area contributed by atoms with Crippen molar-refractivity contribution in [2.45, 2.75) is 44.8 Å². The normalized spacial score (nSPS) is 19.8. The topological polar surface area (TPSA) is 67.6 Å². The summed E-state index contributed by atoms with van der Waals surface area (Å²) in [5.41, 5.74) is 4.50. The highest BCUT2D eigenvalue weighted by molar-refractivity contribution is 5.73. The van der Waals surface area contributed by atoms with E-state index in [1.807, 2.05) is 18.3 Å². The fourth-order valence-electron chi connectivity index (χ4n) is 4.49. The van der Waals surface area contributed by atoms with Gasteiger partial charge in [-0.2, -0.15) is 13.2 Å². The average Bonchev–Trinajstić information content (AvgIpc) is 3.38. The number of nitrogens with zero attached hydrogens (tertiary/aromatic N) is 3. The number of imidazole rings is 1. The number of halogens is 4. The van der Waals surface area contributed by atoms with Gasteiger partial charge < -0.3 is 14.4 Å². The molecule has 2 aromatic carbocycles. The Hall–Kier alpha value is -3.24. The van der Waals surface area contributed by atoms with E-state index in [0.717, 1.165) is 49.7 Å². The van der Waals surface area contributed by atoms with Crippen molar-refractivity contribution in [3.05, 3.63) is 77.5 Å². The maximum Gasteiger partial charge on any atom is 0.490 e. The van der Waals surface area contributed by atoms with Crippen LogP contribution in [-0.4, -0.2) is 50.4 Å². The summed E-state index contributed by atoms with van der Waals surface area (Å²) >= 11 is 0. The molecule has 186 valence electrons. The number of aryl methyl sites for hydroxylation is 1. The Morgan fingerprint density at radius 3 is 2.54 bits per heavy atom. The molecule has 3 heterocycles. The van der Waals surface area contributed by atoms with Gasteiger partial charge in [-0.3, -0.25) is 4.90 Å². The molecule has 1 saturated heterocycles. The van der Waals surface area contributed by atoms with Gasteiger partial charge in [0.25, 0.3) is 0 Å². The lowest BCUT2D eigenvalue weighted by Gasteiger charge is -2.35. The number of aliphatic carboxylic acids is 1. The number of hydrogen-bond acceptors (Lipinski definition) is 4. The minimum absolute atomic E-state index is 0.174. The Labute approximate surface area is 199 Å². The summed E-state index contributed by atoms with van der Waals surface area (Å²) in [4.78, 5) is 15.9. The van der Waals surface area contributed by atoms with E-state index in [1.54, 1.807) is 0 Å². The molecule has 0 bridgehead atoms. The van der Waals surface area contributed by atoms with Crippen molar-refractivity contribution in [1.82, 2.24) is 14.5 Å². The number of aromatic nitrogens is 2. The van der Waals surface area contributed by atoms with Crippen molar-refractivity contribution in [3.63, 3.8) is 0 Å². The first kappa shape index (κ1) is 24.9. The predicted octanol–water partition coefficient (Wildman–Crippen LogP) is 4.81. The molecule has 35 heavy (non-hydrogen) atoms. The van der Waals surface area contributed by atoms with Crippen molar-refractivity contribution in [2.75, 3.05) is 13.1 Å². The average molecular weight is 491 g/mol. The number of ether oxygens (including phenoxy) is 1. The molecule has 1 unspecified atom stereocenters. The molecule has 1 aromatic heterocycles. The molecule has 6 nitrogen and oxygen atoms in total. The minimum Gasteiger partial charge on any atom is -0.475 e. The van der Waals surface area contributed by atoms with E-state index in [0.29, 0.717) is 6.61 Å². The summed E-state index contributed by atoms with van der Waals surface area (Å²) in [7, 11) is 0. The Morgan fingerprint density at radius 2 is 1.89 bits per heavy atom. The second kappa shape index (κ2) is 9.79. The van der Waals surface area contributed by atoms with Gasteiger partial charge in [-0.1, -0.05) is 29.8 Å². The number of carbonyl (C=O) groups is 1. The Bertz CT molecular complexity index is 1190. The number of carboxylic acid groups (broad SMARTS) is 1. The summed E-state index contributed by atoms with van der Waals surface area (Å²) in [6.45, 7) is 6.36. The first-order chi connectivity index (χ1) is 16.5. The lowest BCUT2D eigenvalue weighted by Crippen LogP contribution is -2.44. The predicted molar refractivity (Wildman–Crippen MR) is 120 cm³/mol. The van der Waals surface area contributed by atoms with Gasteiger partial charge >= 0.3 is 12.1 Å². The highest BCUT2D eigenvalue weighted by Gasteiger charge is 2.43. The zero-order valence-corrected chi connectivity index (χ0v) is 19.1. The van der Waals surface area contributed by atoms with E-state index in [-0.39, 0.29) is 11.4 Å². The van der Waals surface area contributed by atoms with Crippen molar-refractivity contribution >= 4 is 5.97 Å². The zero-order chi connectivity index (χ0) is 25.2. The van der Waals surface area contributed by atoms with Crippen LogP contribution in [0.3, 0.4) is 0 Å². The monoisotopic (exact) mass is 491 g/mol. The van der Waals surface area contributed by atoms with E-state index in [1.165, 1.54) is 23.3 Å². The molecule has 10 heteroatoms. The van der Waals surface area contributed by atoms with Crippen LogP contribution in [0.2, 0.25) is 0 Å². The van der Waals surface area contributed by atoms with Crippen LogP contribution in [0.4, 0.5) is 17.6 Å². The Morgan fingerprint density at radius 1 is 1.17 bits per heavy atom. The fraction of sp³-hybridized carbons (Fsp3) is 0.360. The number of fused-ring (bicyclic) bond motifs is 1. The van der Waals surface area contributed by atoms with Gasteiger partial charge in [-0.05, 0) is 48.7 Å². The van der Waals surface area contributed by atoms with E-state index < -0.39 is 12.1 Å². The lowest BCUT2D eigenvalue weighted by atomic mass is 10.0. The number of rotatable bonds is 3. The maximum atomic E-state index is 13.3. The Balaban J connectivity index is 0.000000364. The Kier molecular flexibility index (Phi) is 6.95. The van der Waals surface area contributed by atoms with Gasteiger partial charge in [0.1, 0.15) is 23.8 Å². The first-order valence-corrected chi connectivity index (χ1v) is 11.1. The molecule has 3 aromatic rings. The van der Waals surface area contributed by atoms with E-state index in [2.05, 4.69) is 45.6 Å². The van der Waals surface area contributed by atoms with Crippen LogP contribution in [0.25, 0.3) is 11.3 Å². The van der Waals surface area contributed by atoms with Crippen LogP contribution in [-0.2, 0) is 29.2 Å². The molecule has 0 radical (unpaired) electrons. The van der Waals surface area contributed by atoms with Crippen molar-refractivity contribution in [3.8, 4) is 11.3 Å². The summed E-state index contributed by atoms with van der Waals surface area (Å²) in [6.07, 6.45) is -2.19. The molecule has 0 amide bonds. The molecular formula is C25H25F4N3O3. The third-order valence-corrected chi connectivity index (χ3v) is 6.16. The van der Waals surface area contributed by atoms with Crippen LogP contribution < -0.4 is 0 Å². The number of benzene rings is 2. The second-order valence-corrected chi connectivity index (χ2v) is 8.88. The van der Waals surface area contributed by atoms with Crippen LogP contribution in [0.5, 0.6) is 0 Å². The van der Waals surface area contributed by atoms with Crippen molar-refractivity contribution in [1.29, 1.82) is 0 Å². The molecule has 2 aliphatic heterocycles. The summed E-state index contributed by atoms with van der Waals surface area (Å²) < 4.78 is 53.6. The molecular weight excluding hydrogens is 466 g/mol. The third-order valence-electron chi connectivity index (χ3n) is 6.16. The lowest BCUT2D eigenvalue weighted by molar-refractivity contribution is -0.192. The SMILES string of the molecule is Cc1cccc(CN2CCC3(C2)Cn2c(-c4ccc(F)cc4)cnc2CO3)c1.O=C(O)C(F)(F)F. The molecule has 1 fully saturated rings. The van der Waals surface area contributed by atoms with E-state index in [4.69, 9.17) is 14.6 Å². The number of hydrogen-bond donors (Lipinski definition) is 1. The molecule has 1 atom stereocenters. The van der Waals surface area contributed by atoms with Crippen LogP contribution in [0, 0.1) is 12.7 Å². The molecule has 2 aliphatic rings. The van der Waals surface area contributed by atoms with Crippen molar-refractivity contribution < 1.29 is 32.2 Å². The zero-order valence-electron chi connectivity index (χ0n) is 19.1. The first-order valence-electron chi connectivity index (χ1n) is 11.1. The minimum atomic E-state index is -5.08. The van der Waals surface area contributed by atoms with Crippen LogP contribution >= 0.6 is 0 Å². The summed E-state index contributed by atoms with van der Waals surface area (Å²) in [5, 5.41) is 7.12. The van der Waals surface area contributed by atoms with Crippen LogP contribution in [0.1, 0.15) is 23.4 Å². The summed E-state index contributed by atoms with van der Waals surface area (Å²) in [5.74, 6) is -2.03. The molecule has 0 saturated carbocycles.